The monoisotopic (exact) mass is 293 g/mol. The number of halogens is 2. The van der Waals surface area contributed by atoms with Gasteiger partial charge in [0.1, 0.15) is 0 Å². The van der Waals surface area contributed by atoms with E-state index in [0.717, 1.165) is 18.4 Å². The lowest BCUT2D eigenvalue weighted by atomic mass is 10.0. The largest absolute Gasteiger partial charge is 0.503 e. The Morgan fingerprint density at radius 2 is 2.06 bits per heavy atom. The van der Waals surface area contributed by atoms with Crippen molar-refractivity contribution in [3.63, 3.8) is 0 Å². The molecule has 0 aliphatic carbocycles. The van der Waals surface area contributed by atoms with Crippen molar-refractivity contribution in [2.75, 3.05) is 7.11 Å². The first kappa shape index (κ1) is 17.4. The smallest absolute Gasteiger partial charge is 0.176 e. The normalized spacial score (nSPS) is 11.8. The highest BCUT2D eigenvalue weighted by molar-refractivity contribution is 6.32. The summed E-state index contributed by atoms with van der Waals surface area (Å²) in [6.45, 7) is 2.16. The maximum absolute atomic E-state index is 9.62. The van der Waals surface area contributed by atoms with Crippen molar-refractivity contribution < 1.29 is 9.84 Å². The first-order valence-corrected chi connectivity index (χ1v) is 6.29. The van der Waals surface area contributed by atoms with Gasteiger partial charge in [0.25, 0.3) is 0 Å². The topological polar surface area (TPSA) is 55.5 Å². The summed E-state index contributed by atoms with van der Waals surface area (Å²) < 4.78 is 5.05. The molecule has 1 rings (SSSR count). The van der Waals surface area contributed by atoms with Crippen LogP contribution in [0, 0.1) is 0 Å². The summed E-state index contributed by atoms with van der Waals surface area (Å²) >= 11 is 5.92. The molecule has 0 bridgehead atoms. The lowest BCUT2D eigenvalue weighted by Gasteiger charge is -2.14. The molecule has 0 heterocycles. The van der Waals surface area contributed by atoms with Crippen LogP contribution in [0.15, 0.2) is 12.1 Å². The zero-order chi connectivity index (χ0) is 12.8. The van der Waals surface area contributed by atoms with Gasteiger partial charge in [0.2, 0.25) is 0 Å². The number of hydrogen-bond acceptors (Lipinski definition) is 3. The van der Waals surface area contributed by atoms with Gasteiger partial charge >= 0.3 is 0 Å². The van der Waals surface area contributed by atoms with E-state index in [2.05, 4.69) is 6.92 Å². The molecule has 0 amide bonds. The third kappa shape index (κ3) is 4.56. The van der Waals surface area contributed by atoms with Crippen molar-refractivity contribution in [1.82, 2.24) is 0 Å². The van der Waals surface area contributed by atoms with Gasteiger partial charge in [0.05, 0.1) is 12.1 Å². The fourth-order valence-electron chi connectivity index (χ4n) is 1.74. The zero-order valence-corrected chi connectivity index (χ0v) is 12.4. The first-order valence-electron chi connectivity index (χ1n) is 5.92. The Balaban J connectivity index is 0.00000289. The highest BCUT2D eigenvalue weighted by atomic mass is 35.5. The van der Waals surface area contributed by atoms with Gasteiger partial charge in [-0.25, -0.2) is 0 Å². The number of phenols is 1. The molecule has 1 aromatic carbocycles. The Morgan fingerprint density at radius 3 is 2.61 bits per heavy atom. The lowest BCUT2D eigenvalue weighted by molar-refractivity contribution is 0.372. The van der Waals surface area contributed by atoms with E-state index in [-0.39, 0.29) is 29.2 Å². The summed E-state index contributed by atoms with van der Waals surface area (Å²) in [4.78, 5) is 0. The van der Waals surface area contributed by atoms with Crippen molar-refractivity contribution in [2.24, 2.45) is 5.73 Å². The SMILES string of the molecule is CCCCC[C@@H](N)c1cc(Cl)c(O)c(OC)c1.Cl. The van der Waals surface area contributed by atoms with Crippen LogP contribution in [0.5, 0.6) is 11.5 Å². The average Bonchev–Trinajstić information content (AvgIpc) is 2.32. The number of nitrogens with two attached hydrogens (primary N) is 1. The van der Waals surface area contributed by atoms with E-state index < -0.39 is 0 Å². The molecule has 1 aromatic rings. The summed E-state index contributed by atoms with van der Waals surface area (Å²) in [5.74, 6) is 0.345. The van der Waals surface area contributed by atoms with Crippen LogP contribution in [0.3, 0.4) is 0 Å². The van der Waals surface area contributed by atoms with E-state index >= 15 is 0 Å². The van der Waals surface area contributed by atoms with Crippen molar-refractivity contribution in [1.29, 1.82) is 0 Å². The highest BCUT2D eigenvalue weighted by Crippen LogP contribution is 2.36. The Morgan fingerprint density at radius 1 is 1.39 bits per heavy atom. The fraction of sp³-hybridized carbons (Fsp3) is 0.538. The molecule has 1 atom stereocenters. The van der Waals surface area contributed by atoms with Crippen molar-refractivity contribution >= 4 is 24.0 Å². The van der Waals surface area contributed by atoms with Gasteiger partial charge < -0.3 is 15.6 Å². The van der Waals surface area contributed by atoms with Crippen LogP contribution >= 0.6 is 24.0 Å². The van der Waals surface area contributed by atoms with E-state index in [9.17, 15) is 5.11 Å². The molecule has 3 N–H and O–H groups in total. The van der Waals surface area contributed by atoms with Gasteiger partial charge in [0, 0.05) is 6.04 Å². The quantitative estimate of drug-likeness (QED) is 0.778. The van der Waals surface area contributed by atoms with Crippen molar-refractivity contribution in [3.8, 4) is 11.5 Å². The molecule has 18 heavy (non-hydrogen) atoms. The lowest BCUT2D eigenvalue weighted by Crippen LogP contribution is -2.10. The van der Waals surface area contributed by atoms with Crippen LogP contribution < -0.4 is 10.5 Å². The molecule has 0 aliphatic heterocycles. The second-order valence-corrected chi connectivity index (χ2v) is 4.56. The number of methoxy groups -OCH3 is 1. The van der Waals surface area contributed by atoms with E-state index in [0.29, 0.717) is 5.75 Å². The van der Waals surface area contributed by atoms with Gasteiger partial charge in [-0.15, -0.1) is 12.4 Å². The van der Waals surface area contributed by atoms with Crippen LogP contribution in [0.4, 0.5) is 0 Å². The third-order valence-electron chi connectivity index (χ3n) is 2.82. The predicted molar refractivity (Wildman–Crippen MR) is 78.0 cm³/mol. The summed E-state index contributed by atoms with van der Waals surface area (Å²) in [5.41, 5.74) is 6.99. The van der Waals surface area contributed by atoms with Gasteiger partial charge in [-0.05, 0) is 24.1 Å². The Kier molecular flexibility index (Phi) is 8.16. The minimum Gasteiger partial charge on any atom is -0.503 e. The molecule has 3 nitrogen and oxygen atoms in total. The maximum atomic E-state index is 9.62. The number of ether oxygens (including phenoxy) is 1. The number of phenolic OH excluding ortho intramolecular Hbond substituents is 1. The van der Waals surface area contributed by atoms with Gasteiger partial charge in [0.15, 0.2) is 11.5 Å². The second-order valence-electron chi connectivity index (χ2n) is 4.16. The third-order valence-corrected chi connectivity index (χ3v) is 3.11. The van der Waals surface area contributed by atoms with Gasteiger partial charge in [-0.3, -0.25) is 0 Å². The fourth-order valence-corrected chi connectivity index (χ4v) is 1.96. The number of hydrogen-bond donors (Lipinski definition) is 2. The molecular weight excluding hydrogens is 273 g/mol. The Hall–Kier alpha value is -0.640. The van der Waals surface area contributed by atoms with Crippen LogP contribution in [-0.4, -0.2) is 12.2 Å². The van der Waals surface area contributed by atoms with Gasteiger partial charge in [-0.1, -0.05) is 37.8 Å². The molecule has 104 valence electrons. The number of aromatic hydroxyl groups is 1. The van der Waals surface area contributed by atoms with Crippen LogP contribution in [-0.2, 0) is 0 Å². The maximum Gasteiger partial charge on any atom is 0.176 e. The molecule has 0 fully saturated rings. The molecule has 0 aliphatic rings. The predicted octanol–water partition coefficient (Wildman–Crippen LogP) is 4.06. The van der Waals surface area contributed by atoms with Crippen LogP contribution in [0.2, 0.25) is 5.02 Å². The van der Waals surface area contributed by atoms with Crippen LogP contribution in [0.1, 0.15) is 44.2 Å². The molecule has 0 radical (unpaired) electrons. The summed E-state index contributed by atoms with van der Waals surface area (Å²) in [6, 6.07) is 3.39. The molecule has 0 spiro atoms. The highest BCUT2D eigenvalue weighted by Gasteiger charge is 2.13. The van der Waals surface area contributed by atoms with Crippen molar-refractivity contribution in [2.45, 2.75) is 38.6 Å². The number of unbranched alkanes of at least 4 members (excludes halogenated alkanes) is 2. The molecule has 0 saturated heterocycles. The summed E-state index contributed by atoms with van der Waals surface area (Å²) in [7, 11) is 1.50. The Labute approximate surface area is 120 Å². The second kappa shape index (κ2) is 8.46. The minimum atomic E-state index is -0.0615. The Bertz CT molecular complexity index is 372. The summed E-state index contributed by atoms with van der Waals surface area (Å²) in [6.07, 6.45) is 4.36. The summed E-state index contributed by atoms with van der Waals surface area (Å²) in [5, 5.41) is 9.90. The standard InChI is InChI=1S/C13H20ClNO2.ClH/c1-3-4-5-6-11(15)9-7-10(14)13(16)12(8-9)17-2;/h7-8,11,16H,3-6,15H2,1-2H3;1H/t11-;/m1./s1. The number of rotatable bonds is 6. The van der Waals surface area contributed by atoms with E-state index in [1.54, 1.807) is 12.1 Å². The van der Waals surface area contributed by atoms with Crippen LogP contribution in [0.25, 0.3) is 0 Å². The first-order chi connectivity index (χ1) is 8.10. The van der Waals surface area contributed by atoms with E-state index in [4.69, 9.17) is 22.1 Å². The number of benzene rings is 1. The molecule has 0 unspecified atom stereocenters. The molecule has 5 heteroatoms. The molecule has 0 saturated carbocycles. The van der Waals surface area contributed by atoms with E-state index in [1.165, 1.54) is 20.0 Å². The zero-order valence-electron chi connectivity index (χ0n) is 10.8. The van der Waals surface area contributed by atoms with Crippen molar-refractivity contribution in [3.05, 3.63) is 22.7 Å². The molecular formula is C13H21Cl2NO2. The minimum absolute atomic E-state index is 0. The molecule has 0 aromatic heterocycles. The average molecular weight is 294 g/mol. The van der Waals surface area contributed by atoms with E-state index in [1.807, 2.05) is 0 Å². The van der Waals surface area contributed by atoms with Gasteiger partial charge in [-0.2, -0.15) is 0 Å².